The van der Waals surface area contributed by atoms with Gasteiger partial charge in [0.2, 0.25) is 5.91 Å². The molecule has 0 fully saturated rings. The van der Waals surface area contributed by atoms with Gasteiger partial charge < -0.3 is 20.1 Å². The van der Waals surface area contributed by atoms with Gasteiger partial charge in [-0.3, -0.25) is 9.59 Å². The minimum Gasteiger partial charge on any atom is -0.493 e. The number of carbonyl (C=O) groups excluding carboxylic acids is 2. The molecule has 1 heterocycles. The van der Waals surface area contributed by atoms with Gasteiger partial charge in [-0.25, -0.2) is 0 Å². The highest BCUT2D eigenvalue weighted by molar-refractivity contribution is 5.98. The second kappa shape index (κ2) is 7.70. The topological polar surface area (TPSA) is 76.7 Å². The fraction of sp³-hybridized carbons (Fsp3) is 0.333. The van der Waals surface area contributed by atoms with Crippen molar-refractivity contribution in [3.05, 3.63) is 52.6 Å². The first-order valence-corrected chi connectivity index (χ1v) is 8.89. The van der Waals surface area contributed by atoms with Crippen molar-refractivity contribution in [2.75, 3.05) is 19.5 Å². The van der Waals surface area contributed by atoms with E-state index in [0.717, 1.165) is 22.4 Å². The summed E-state index contributed by atoms with van der Waals surface area (Å²) in [5.41, 5.74) is 4.32. The summed E-state index contributed by atoms with van der Waals surface area (Å²) in [4.78, 5) is 24.2. The molecule has 6 heteroatoms. The van der Waals surface area contributed by atoms with Crippen molar-refractivity contribution in [1.82, 2.24) is 5.32 Å². The minimum atomic E-state index is -0.201. The Balaban J connectivity index is 1.79. The monoisotopic (exact) mass is 368 g/mol. The van der Waals surface area contributed by atoms with Crippen LogP contribution in [0, 0.1) is 6.92 Å². The van der Waals surface area contributed by atoms with E-state index in [1.807, 2.05) is 32.0 Å². The van der Waals surface area contributed by atoms with Crippen molar-refractivity contribution in [2.45, 2.75) is 32.7 Å². The van der Waals surface area contributed by atoms with Crippen LogP contribution in [-0.2, 0) is 11.2 Å². The number of rotatable bonds is 5. The highest BCUT2D eigenvalue weighted by Gasteiger charge is 2.19. The van der Waals surface area contributed by atoms with Crippen LogP contribution in [0.25, 0.3) is 0 Å². The van der Waals surface area contributed by atoms with E-state index < -0.39 is 0 Å². The third-order valence-electron chi connectivity index (χ3n) is 4.85. The van der Waals surface area contributed by atoms with Crippen molar-refractivity contribution < 1.29 is 19.1 Å². The molecule has 0 aromatic heterocycles. The average Bonchev–Trinajstić information content (AvgIpc) is 2.66. The predicted octanol–water partition coefficient (Wildman–Crippen LogP) is 3.39. The minimum absolute atomic E-state index is 0.0113. The number of hydrogen-bond donors (Lipinski definition) is 2. The van der Waals surface area contributed by atoms with Gasteiger partial charge in [0.05, 0.1) is 20.3 Å². The number of aryl methyl sites for hydroxylation is 2. The predicted molar refractivity (Wildman–Crippen MR) is 104 cm³/mol. The van der Waals surface area contributed by atoms with Gasteiger partial charge in [-0.2, -0.15) is 0 Å². The van der Waals surface area contributed by atoms with Crippen LogP contribution < -0.4 is 20.1 Å². The van der Waals surface area contributed by atoms with E-state index in [1.54, 1.807) is 26.4 Å². The molecule has 142 valence electrons. The number of ether oxygens (including phenoxy) is 2. The van der Waals surface area contributed by atoms with Gasteiger partial charge >= 0.3 is 0 Å². The first kappa shape index (κ1) is 18.8. The third kappa shape index (κ3) is 3.89. The third-order valence-corrected chi connectivity index (χ3v) is 4.85. The normalized spacial score (nSPS) is 14.0. The zero-order valence-corrected chi connectivity index (χ0v) is 16.0. The molecule has 0 radical (unpaired) electrons. The van der Waals surface area contributed by atoms with Gasteiger partial charge in [-0.1, -0.05) is 0 Å². The zero-order valence-electron chi connectivity index (χ0n) is 16.0. The van der Waals surface area contributed by atoms with Gasteiger partial charge in [0.25, 0.3) is 5.91 Å². The van der Waals surface area contributed by atoms with Gasteiger partial charge in [0.15, 0.2) is 11.5 Å². The number of benzene rings is 2. The summed E-state index contributed by atoms with van der Waals surface area (Å²) in [5, 5.41) is 5.86. The van der Waals surface area contributed by atoms with Crippen LogP contribution in [-0.4, -0.2) is 26.0 Å². The first-order valence-electron chi connectivity index (χ1n) is 8.89. The number of methoxy groups -OCH3 is 2. The van der Waals surface area contributed by atoms with Crippen molar-refractivity contribution >= 4 is 17.5 Å². The molecule has 2 amide bonds. The summed E-state index contributed by atoms with van der Waals surface area (Å²) in [6.07, 6.45) is 1.09. The Morgan fingerprint density at radius 2 is 1.81 bits per heavy atom. The molecular weight excluding hydrogens is 344 g/mol. The maximum absolute atomic E-state index is 12.7. The molecule has 1 atom stereocenters. The van der Waals surface area contributed by atoms with Crippen molar-refractivity contribution in [3.63, 3.8) is 0 Å². The summed E-state index contributed by atoms with van der Waals surface area (Å²) < 4.78 is 10.7. The van der Waals surface area contributed by atoms with Crippen molar-refractivity contribution in [2.24, 2.45) is 0 Å². The van der Waals surface area contributed by atoms with E-state index in [9.17, 15) is 9.59 Å². The van der Waals surface area contributed by atoms with E-state index in [4.69, 9.17) is 9.47 Å². The van der Waals surface area contributed by atoms with E-state index in [0.29, 0.717) is 29.9 Å². The molecule has 6 nitrogen and oxygen atoms in total. The van der Waals surface area contributed by atoms with E-state index in [-0.39, 0.29) is 17.9 Å². The van der Waals surface area contributed by atoms with Gasteiger partial charge in [-0.05, 0) is 67.3 Å². The lowest BCUT2D eigenvalue weighted by molar-refractivity contribution is -0.116. The Kier molecular flexibility index (Phi) is 5.35. The number of fused-ring (bicyclic) bond motifs is 1. The first-order chi connectivity index (χ1) is 12.9. The van der Waals surface area contributed by atoms with E-state index in [1.165, 1.54) is 0 Å². The summed E-state index contributed by atoms with van der Waals surface area (Å²) >= 11 is 0. The molecule has 2 aromatic rings. The average molecular weight is 368 g/mol. The quantitative estimate of drug-likeness (QED) is 0.848. The van der Waals surface area contributed by atoms with Crippen molar-refractivity contribution in [3.8, 4) is 11.5 Å². The molecule has 2 N–H and O–H groups in total. The summed E-state index contributed by atoms with van der Waals surface area (Å²) in [7, 11) is 3.19. The van der Waals surface area contributed by atoms with Crippen LogP contribution in [0.3, 0.4) is 0 Å². The molecule has 0 saturated carbocycles. The molecule has 1 aliphatic rings. The fourth-order valence-corrected chi connectivity index (χ4v) is 3.35. The lowest BCUT2D eigenvalue weighted by Gasteiger charge is -2.20. The number of anilines is 1. The lowest BCUT2D eigenvalue weighted by Crippen LogP contribution is -2.27. The highest BCUT2D eigenvalue weighted by Crippen LogP contribution is 2.33. The van der Waals surface area contributed by atoms with Crippen LogP contribution in [0.15, 0.2) is 30.3 Å². The van der Waals surface area contributed by atoms with Crippen molar-refractivity contribution in [1.29, 1.82) is 0 Å². The highest BCUT2D eigenvalue weighted by atomic mass is 16.5. The zero-order chi connectivity index (χ0) is 19.6. The SMILES string of the molecule is COc1cc(C)c(C(C)NC(=O)c2ccc3c(c2)CCC(=O)N3)cc1OC. The standard InChI is InChI=1S/C21H24N2O4/c1-12-9-18(26-3)19(27-4)11-16(12)13(2)22-21(25)15-5-7-17-14(10-15)6-8-20(24)23-17/h5,7,9-11,13H,6,8H2,1-4H3,(H,22,25)(H,23,24). The number of carbonyl (C=O) groups is 2. The molecular formula is C21H24N2O4. The van der Waals surface area contributed by atoms with Gasteiger partial charge in [0, 0.05) is 17.7 Å². The van der Waals surface area contributed by atoms with Gasteiger partial charge in [0.1, 0.15) is 0 Å². The fourth-order valence-electron chi connectivity index (χ4n) is 3.35. The van der Waals surface area contributed by atoms with Crippen LogP contribution in [0.5, 0.6) is 11.5 Å². The molecule has 0 saturated heterocycles. The van der Waals surface area contributed by atoms with Crippen LogP contribution in [0.2, 0.25) is 0 Å². The van der Waals surface area contributed by atoms with E-state index in [2.05, 4.69) is 10.6 Å². The number of nitrogens with one attached hydrogen (secondary N) is 2. The number of hydrogen-bond acceptors (Lipinski definition) is 4. The molecule has 2 aromatic carbocycles. The molecule has 1 unspecified atom stereocenters. The summed E-state index contributed by atoms with van der Waals surface area (Å²) in [5.74, 6) is 1.14. The Morgan fingerprint density at radius 3 is 2.52 bits per heavy atom. The second-order valence-electron chi connectivity index (χ2n) is 6.68. The molecule has 0 spiro atoms. The maximum atomic E-state index is 12.7. The smallest absolute Gasteiger partial charge is 0.251 e. The second-order valence-corrected chi connectivity index (χ2v) is 6.68. The van der Waals surface area contributed by atoms with Gasteiger partial charge in [-0.15, -0.1) is 0 Å². The largest absolute Gasteiger partial charge is 0.493 e. The van der Waals surface area contributed by atoms with Crippen LogP contribution in [0.4, 0.5) is 5.69 Å². The molecule has 1 aliphatic heterocycles. The molecule has 0 bridgehead atoms. The molecule has 0 aliphatic carbocycles. The summed E-state index contributed by atoms with van der Waals surface area (Å²) in [6, 6.07) is 8.95. The lowest BCUT2D eigenvalue weighted by atomic mass is 9.99. The Hall–Kier alpha value is -3.02. The Labute approximate surface area is 158 Å². The molecule has 27 heavy (non-hydrogen) atoms. The molecule has 3 rings (SSSR count). The van der Waals surface area contributed by atoms with E-state index >= 15 is 0 Å². The number of amides is 2. The maximum Gasteiger partial charge on any atom is 0.251 e. The Morgan fingerprint density at radius 1 is 1.11 bits per heavy atom. The summed E-state index contributed by atoms with van der Waals surface area (Å²) in [6.45, 7) is 3.91. The van der Waals surface area contributed by atoms with Crippen LogP contribution >= 0.6 is 0 Å². The Bertz CT molecular complexity index is 892. The van der Waals surface area contributed by atoms with Crippen LogP contribution in [0.1, 0.15) is 46.4 Å².